The fourth-order valence-corrected chi connectivity index (χ4v) is 3.02. The van der Waals surface area contributed by atoms with Crippen molar-refractivity contribution in [1.29, 1.82) is 0 Å². The average Bonchev–Trinajstić information content (AvgIpc) is 3.29. The molecule has 0 spiro atoms. The number of para-hydroxylation sites is 2. The van der Waals surface area contributed by atoms with E-state index in [4.69, 9.17) is 14.0 Å². The Balaban J connectivity index is 1.49. The van der Waals surface area contributed by atoms with E-state index < -0.39 is 0 Å². The Kier molecular flexibility index (Phi) is 5.93. The van der Waals surface area contributed by atoms with E-state index in [0.29, 0.717) is 40.0 Å². The van der Waals surface area contributed by atoms with Crippen molar-refractivity contribution in [3.05, 3.63) is 78.4 Å². The normalized spacial score (nSPS) is 10.5. The lowest BCUT2D eigenvalue weighted by Gasteiger charge is -2.10. The summed E-state index contributed by atoms with van der Waals surface area (Å²) in [4.78, 5) is 16.8. The molecular formula is C24H21N3O4. The van der Waals surface area contributed by atoms with Gasteiger partial charge in [-0.25, -0.2) is 0 Å². The van der Waals surface area contributed by atoms with Gasteiger partial charge in [-0.2, -0.15) is 4.98 Å². The molecule has 7 nitrogen and oxygen atoms in total. The van der Waals surface area contributed by atoms with Crippen molar-refractivity contribution in [2.75, 3.05) is 19.0 Å². The van der Waals surface area contributed by atoms with Gasteiger partial charge in [-0.05, 0) is 43.3 Å². The predicted molar refractivity (Wildman–Crippen MR) is 117 cm³/mol. The number of nitrogens with zero attached hydrogens (tertiary/aromatic N) is 2. The number of aryl methyl sites for hydroxylation is 1. The van der Waals surface area contributed by atoms with Gasteiger partial charge < -0.3 is 19.3 Å². The summed E-state index contributed by atoms with van der Waals surface area (Å²) in [5.74, 6) is 1.54. The quantitative estimate of drug-likeness (QED) is 0.469. The van der Waals surface area contributed by atoms with Gasteiger partial charge in [-0.15, -0.1) is 0 Å². The van der Waals surface area contributed by atoms with Gasteiger partial charge in [0.25, 0.3) is 11.8 Å². The van der Waals surface area contributed by atoms with Crippen LogP contribution in [0, 0.1) is 6.92 Å². The Morgan fingerprint density at radius 2 is 1.61 bits per heavy atom. The van der Waals surface area contributed by atoms with E-state index in [1.165, 1.54) is 0 Å². The number of anilines is 1. The van der Waals surface area contributed by atoms with E-state index in [1.54, 1.807) is 13.2 Å². The van der Waals surface area contributed by atoms with Crippen molar-refractivity contribution >= 4 is 11.6 Å². The average molecular weight is 415 g/mol. The summed E-state index contributed by atoms with van der Waals surface area (Å²) in [6.07, 6.45) is 0. The third kappa shape index (κ3) is 4.72. The zero-order valence-electron chi connectivity index (χ0n) is 17.2. The number of hydrogen-bond donors (Lipinski definition) is 1. The first kappa shape index (κ1) is 20.2. The summed E-state index contributed by atoms with van der Waals surface area (Å²) in [5, 5.41) is 6.89. The zero-order valence-corrected chi connectivity index (χ0v) is 17.2. The number of aromatic nitrogens is 2. The number of amides is 1. The second-order valence-corrected chi connectivity index (χ2v) is 6.82. The third-order valence-electron chi connectivity index (χ3n) is 4.59. The number of carbonyl (C=O) groups is 1. The highest BCUT2D eigenvalue weighted by Gasteiger charge is 2.17. The number of methoxy groups -OCH3 is 1. The van der Waals surface area contributed by atoms with Crippen molar-refractivity contribution < 1.29 is 18.8 Å². The van der Waals surface area contributed by atoms with Crippen LogP contribution in [0.1, 0.15) is 5.56 Å². The molecule has 0 aliphatic rings. The lowest BCUT2D eigenvalue weighted by atomic mass is 10.2. The molecule has 7 heteroatoms. The van der Waals surface area contributed by atoms with Crippen LogP contribution in [0.3, 0.4) is 0 Å². The molecule has 0 unspecified atom stereocenters. The SMILES string of the molecule is COc1ccccc1-c1nc(-c2ccccc2OCC(=O)Nc2ccc(C)cc2)no1. The summed E-state index contributed by atoms with van der Waals surface area (Å²) in [7, 11) is 1.58. The van der Waals surface area contributed by atoms with E-state index >= 15 is 0 Å². The van der Waals surface area contributed by atoms with Gasteiger partial charge in [0, 0.05) is 5.69 Å². The lowest BCUT2D eigenvalue weighted by Crippen LogP contribution is -2.20. The molecule has 0 fully saturated rings. The maximum atomic E-state index is 12.3. The molecule has 0 bridgehead atoms. The van der Waals surface area contributed by atoms with Crippen LogP contribution in [0.4, 0.5) is 5.69 Å². The van der Waals surface area contributed by atoms with Crippen LogP contribution >= 0.6 is 0 Å². The number of rotatable bonds is 7. The van der Waals surface area contributed by atoms with Crippen LogP contribution in [-0.4, -0.2) is 29.8 Å². The molecule has 3 aromatic carbocycles. The molecule has 4 aromatic rings. The van der Waals surface area contributed by atoms with Gasteiger partial charge in [0.15, 0.2) is 6.61 Å². The molecule has 1 N–H and O–H groups in total. The minimum atomic E-state index is -0.263. The van der Waals surface area contributed by atoms with Crippen molar-refractivity contribution in [3.8, 4) is 34.3 Å². The molecule has 0 saturated carbocycles. The zero-order chi connectivity index (χ0) is 21.6. The highest BCUT2D eigenvalue weighted by atomic mass is 16.5. The topological polar surface area (TPSA) is 86.5 Å². The van der Waals surface area contributed by atoms with Gasteiger partial charge in [0.2, 0.25) is 5.82 Å². The molecule has 0 radical (unpaired) electrons. The Morgan fingerprint density at radius 3 is 2.35 bits per heavy atom. The van der Waals surface area contributed by atoms with E-state index in [9.17, 15) is 4.79 Å². The van der Waals surface area contributed by atoms with Gasteiger partial charge in [0.05, 0.1) is 18.2 Å². The van der Waals surface area contributed by atoms with E-state index in [1.807, 2.05) is 73.7 Å². The smallest absolute Gasteiger partial charge is 0.262 e. The Labute approximate surface area is 179 Å². The minimum absolute atomic E-state index is 0.151. The monoisotopic (exact) mass is 415 g/mol. The van der Waals surface area contributed by atoms with Gasteiger partial charge >= 0.3 is 0 Å². The molecule has 31 heavy (non-hydrogen) atoms. The number of nitrogens with one attached hydrogen (secondary N) is 1. The van der Waals surface area contributed by atoms with Gasteiger partial charge in [0.1, 0.15) is 11.5 Å². The van der Waals surface area contributed by atoms with Gasteiger partial charge in [-0.3, -0.25) is 4.79 Å². The maximum absolute atomic E-state index is 12.3. The molecule has 1 amide bonds. The number of ether oxygens (including phenoxy) is 2. The van der Waals surface area contributed by atoms with E-state index in [2.05, 4.69) is 15.5 Å². The fourth-order valence-electron chi connectivity index (χ4n) is 3.02. The van der Waals surface area contributed by atoms with Crippen molar-refractivity contribution in [2.45, 2.75) is 6.92 Å². The second kappa shape index (κ2) is 9.13. The summed E-state index contributed by atoms with van der Waals surface area (Å²) in [6, 6.07) is 22.2. The molecule has 0 atom stereocenters. The Morgan fingerprint density at radius 1 is 0.935 bits per heavy atom. The van der Waals surface area contributed by atoms with Gasteiger partial charge in [-0.1, -0.05) is 47.1 Å². The van der Waals surface area contributed by atoms with Crippen LogP contribution in [0.5, 0.6) is 11.5 Å². The summed E-state index contributed by atoms with van der Waals surface area (Å²) in [6.45, 7) is 1.84. The lowest BCUT2D eigenvalue weighted by molar-refractivity contribution is -0.118. The van der Waals surface area contributed by atoms with Crippen LogP contribution in [0.2, 0.25) is 0 Å². The fraction of sp³-hybridized carbons (Fsp3) is 0.125. The third-order valence-corrected chi connectivity index (χ3v) is 4.59. The predicted octanol–water partition coefficient (Wildman–Crippen LogP) is 4.74. The molecule has 1 heterocycles. The first-order valence-corrected chi connectivity index (χ1v) is 9.70. The number of carbonyl (C=O) groups excluding carboxylic acids is 1. The highest BCUT2D eigenvalue weighted by Crippen LogP contribution is 2.32. The Bertz CT molecular complexity index is 1190. The Hall–Kier alpha value is -4.13. The molecular weight excluding hydrogens is 394 g/mol. The van der Waals surface area contributed by atoms with E-state index in [0.717, 1.165) is 5.56 Å². The largest absolute Gasteiger partial charge is 0.496 e. The van der Waals surface area contributed by atoms with E-state index in [-0.39, 0.29) is 12.5 Å². The van der Waals surface area contributed by atoms with Crippen molar-refractivity contribution in [2.24, 2.45) is 0 Å². The summed E-state index contributed by atoms with van der Waals surface area (Å²) >= 11 is 0. The summed E-state index contributed by atoms with van der Waals surface area (Å²) in [5.41, 5.74) is 3.15. The molecule has 0 saturated heterocycles. The van der Waals surface area contributed by atoms with Crippen LogP contribution < -0.4 is 14.8 Å². The molecule has 1 aromatic heterocycles. The minimum Gasteiger partial charge on any atom is -0.496 e. The summed E-state index contributed by atoms with van der Waals surface area (Å²) < 4.78 is 16.6. The maximum Gasteiger partial charge on any atom is 0.262 e. The van der Waals surface area contributed by atoms with Crippen LogP contribution in [0.25, 0.3) is 22.8 Å². The molecule has 4 rings (SSSR count). The molecule has 156 valence electrons. The highest BCUT2D eigenvalue weighted by molar-refractivity contribution is 5.92. The number of benzene rings is 3. The van der Waals surface area contributed by atoms with Crippen molar-refractivity contribution in [3.63, 3.8) is 0 Å². The second-order valence-electron chi connectivity index (χ2n) is 6.82. The van der Waals surface area contributed by atoms with Crippen LogP contribution in [-0.2, 0) is 4.79 Å². The molecule has 0 aliphatic heterocycles. The number of hydrogen-bond acceptors (Lipinski definition) is 6. The first-order chi connectivity index (χ1) is 15.1. The standard InChI is InChI=1S/C24H21N3O4/c1-16-11-13-17(14-12-16)25-22(28)15-30-21-10-6-3-7-18(21)23-26-24(31-27-23)19-8-4-5-9-20(19)29-2/h3-14H,15H2,1-2H3,(H,25,28). The molecule has 0 aliphatic carbocycles. The van der Waals surface area contributed by atoms with Crippen LogP contribution in [0.15, 0.2) is 77.3 Å². The van der Waals surface area contributed by atoms with Crippen molar-refractivity contribution in [1.82, 2.24) is 10.1 Å². The first-order valence-electron chi connectivity index (χ1n) is 9.70.